The van der Waals surface area contributed by atoms with Crippen LogP contribution in [0.25, 0.3) is 11.0 Å². The molecule has 204 valence electrons. The van der Waals surface area contributed by atoms with Crippen molar-refractivity contribution in [2.75, 3.05) is 11.9 Å². The minimum absolute atomic E-state index is 0.0743. The van der Waals surface area contributed by atoms with Gasteiger partial charge in [0, 0.05) is 25.7 Å². The topological polar surface area (TPSA) is 79.3 Å². The van der Waals surface area contributed by atoms with Crippen molar-refractivity contribution < 1.29 is 18.4 Å². The van der Waals surface area contributed by atoms with Gasteiger partial charge in [0.1, 0.15) is 0 Å². The van der Waals surface area contributed by atoms with Gasteiger partial charge in [-0.15, -0.1) is 11.3 Å². The standard InChI is InChI=1S/C28H35F2N5O2S/c1-6-24(36)34-13-7-8-19(34)16-35-21-10-9-18(15-31-17(2)28(3,4)5)14-20(21)32-27(35)33-26(37)23-12-11-22(38-23)25(29)30/h6,9-12,14,17,19,25,31H,1,7-8,13,15-16H2,2-5H3,(H,32,33,37)/t17-,19?/m0/s1. The first-order valence-corrected chi connectivity index (χ1v) is 13.6. The molecule has 0 saturated carbocycles. The van der Waals surface area contributed by atoms with Crippen molar-refractivity contribution in [2.24, 2.45) is 5.41 Å². The number of imidazole rings is 1. The number of thiophene rings is 1. The number of hydrogen-bond acceptors (Lipinski definition) is 5. The van der Waals surface area contributed by atoms with Gasteiger partial charge in [0.2, 0.25) is 11.9 Å². The van der Waals surface area contributed by atoms with Gasteiger partial charge in [0.15, 0.2) is 0 Å². The Morgan fingerprint density at radius 1 is 1.26 bits per heavy atom. The lowest BCUT2D eigenvalue weighted by atomic mass is 9.88. The molecule has 1 aliphatic rings. The van der Waals surface area contributed by atoms with Gasteiger partial charge in [-0.1, -0.05) is 33.4 Å². The second-order valence-corrected chi connectivity index (χ2v) is 11.9. The lowest BCUT2D eigenvalue weighted by Crippen LogP contribution is -2.37. The van der Waals surface area contributed by atoms with Gasteiger partial charge in [-0.25, -0.2) is 13.8 Å². The Hall–Kier alpha value is -3.11. The second kappa shape index (κ2) is 11.3. The number of benzene rings is 1. The predicted octanol–water partition coefficient (Wildman–Crippen LogP) is 5.99. The molecule has 0 spiro atoms. The van der Waals surface area contributed by atoms with Crippen molar-refractivity contribution in [1.29, 1.82) is 0 Å². The quantitative estimate of drug-likeness (QED) is 0.325. The van der Waals surface area contributed by atoms with E-state index in [9.17, 15) is 18.4 Å². The number of halogens is 2. The van der Waals surface area contributed by atoms with Crippen LogP contribution in [0.4, 0.5) is 14.7 Å². The van der Waals surface area contributed by atoms with Gasteiger partial charge in [0.05, 0.1) is 26.8 Å². The molecular formula is C28H35F2N5O2S. The maximum absolute atomic E-state index is 13.1. The summed E-state index contributed by atoms with van der Waals surface area (Å²) < 4.78 is 28.0. The Kier molecular flexibility index (Phi) is 8.32. The molecule has 0 radical (unpaired) electrons. The molecule has 1 saturated heterocycles. The number of fused-ring (bicyclic) bond motifs is 1. The molecule has 1 aromatic carbocycles. The maximum atomic E-state index is 13.1. The van der Waals surface area contributed by atoms with Crippen molar-refractivity contribution >= 4 is 40.1 Å². The summed E-state index contributed by atoms with van der Waals surface area (Å²) in [5, 5.41) is 6.39. The first-order valence-electron chi connectivity index (χ1n) is 12.8. The van der Waals surface area contributed by atoms with Crippen molar-refractivity contribution in [3.8, 4) is 0 Å². The van der Waals surface area contributed by atoms with Crippen LogP contribution in [-0.2, 0) is 17.9 Å². The molecule has 1 fully saturated rings. The minimum atomic E-state index is -2.63. The Bertz CT molecular complexity index is 1330. The third-order valence-electron chi connectivity index (χ3n) is 7.24. The van der Waals surface area contributed by atoms with Gasteiger partial charge in [-0.05, 0) is 61.1 Å². The van der Waals surface area contributed by atoms with E-state index in [2.05, 4.69) is 44.9 Å². The van der Waals surface area contributed by atoms with Crippen LogP contribution < -0.4 is 10.6 Å². The van der Waals surface area contributed by atoms with E-state index < -0.39 is 12.3 Å². The lowest BCUT2D eigenvalue weighted by molar-refractivity contribution is -0.126. The van der Waals surface area contributed by atoms with Crippen molar-refractivity contribution in [1.82, 2.24) is 19.8 Å². The zero-order valence-electron chi connectivity index (χ0n) is 22.3. The van der Waals surface area contributed by atoms with Gasteiger partial charge >= 0.3 is 0 Å². The van der Waals surface area contributed by atoms with E-state index in [0.29, 0.717) is 37.1 Å². The number of aromatic nitrogens is 2. The van der Waals surface area contributed by atoms with Crippen molar-refractivity contribution in [2.45, 2.75) is 72.1 Å². The number of nitrogens with zero attached hydrogens (tertiary/aromatic N) is 3. The molecule has 38 heavy (non-hydrogen) atoms. The van der Waals surface area contributed by atoms with Crippen LogP contribution >= 0.6 is 11.3 Å². The van der Waals surface area contributed by atoms with Crippen LogP contribution in [0, 0.1) is 5.41 Å². The third-order valence-corrected chi connectivity index (χ3v) is 8.33. The summed E-state index contributed by atoms with van der Waals surface area (Å²) in [5.41, 5.74) is 2.71. The van der Waals surface area contributed by atoms with Crippen LogP contribution in [0.15, 0.2) is 43.0 Å². The summed E-state index contributed by atoms with van der Waals surface area (Å²) in [5.74, 6) is -0.296. The lowest BCUT2D eigenvalue weighted by Gasteiger charge is -2.28. The smallest absolute Gasteiger partial charge is 0.272 e. The summed E-state index contributed by atoms with van der Waals surface area (Å²) in [6, 6.07) is 8.89. The van der Waals surface area contributed by atoms with Gasteiger partial charge in [-0.3, -0.25) is 14.9 Å². The molecule has 1 unspecified atom stereocenters. The SMILES string of the molecule is C=CC(=O)N1CCCC1Cn1c(NC(=O)c2ccc(C(F)F)s2)nc2cc(CN[C@@H](C)C(C)(C)C)ccc21. The average Bonchev–Trinajstić information content (AvgIpc) is 3.61. The van der Waals surface area contributed by atoms with E-state index in [4.69, 9.17) is 4.98 Å². The normalized spacial score (nSPS) is 16.8. The first kappa shape index (κ1) is 27.9. The fraction of sp³-hybridized carbons (Fsp3) is 0.464. The Morgan fingerprint density at radius 3 is 2.68 bits per heavy atom. The average molecular weight is 544 g/mol. The monoisotopic (exact) mass is 543 g/mol. The Labute approximate surface area is 225 Å². The fourth-order valence-electron chi connectivity index (χ4n) is 4.54. The van der Waals surface area contributed by atoms with Gasteiger partial charge < -0.3 is 14.8 Å². The van der Waals surface area contributed by atoms with Crippen LogP contribution in [0.3, 0.4) is 0 Å². The molecule has 3 heterocycles. The molecule has 4 rings (SSSR count). The summed E-state index contributed by atoms with van der Waals surface area (Å²) in [4.78, 5) is 31.9. The van der Waals surface area contributed by atoms with Crippen LogP contribution in [-0.4, -0.2) is 44.9 Å². The van der Waals surface area contributed by atoms with E-state index >= 15 is 0 Å². The summed E-state index contributed by atoms with van der Waals surface area (Å²) >= 11 is 0.764. The van der Waals surface area contributed by atoms with E-state index in [0.717, 1.165) is 35.3 Å². The zero-order chi connectivity index (χ0) is 27.6. The molecule has 0 aliphatic carbocycles. The fourth-order valence-corrected chi connectivity index (χ4v) is 5.30. The van der Waals surface area contributed by atoms with Crippen LogP contribution in [0.5, 0.6) is 0 Å². The third kappa shape index (κ3) is 6.13. The highest BCUT2D eigenvalue weighted by atomic mass is 32.1. The number of rotatable bonds is 9. The molecular weight excluding hydrogens is 508 g/mol. The van der Waals surface area contributed by atoms with Crippen molar-refractivity contribution in [3.63, 3.8) is 0 Å². The number of anilines is 1. The first-order chi connectivity index (χ1) is 18.0. The zero-order valence-corrected chi connectivity index (χ0v) is 23.1. The molecule has 7 nitrogen and oxygen atoms in total. The number of carbonyl (C=O) groups excluding carboxylic acids is 2. The molecule has 2 N–H and O–H groups in total. The molecule has 0 bridgehead atoms. The number of nitrogens with one attached hydrogen (secondary N) is 2. The highest BCUT2D eigenvalue weighted by Crippen LogP contribution is 2.29. The summed E-state index contributed by atoms with van der Waals surface area (Å²) in [6.45, 7) is 14.1. The molecule has 1 aliphatic heterocycles. The number of carbonyl (C=O) groups is 2. The van der Waals surface area contributed by atoms with E-state index in [1.807, 2.05) is 22.8 Å². The molecule has 3 aromatic rings. The van der Waals surface area contributed by atoms with E-state index in [1.54, 1.807) is 4.90 Å². The van der Waals surface area contributed by atoms with Gasteiger partial charge in [0.25, 0.3) is 12.3 Å². The number of likely N-dealkylation sites (tertiary alicyclic amines) is 1. The largest absolute Gasteiger partial charge is 0.334 e. The molecule has 10 heteroatoms. The summed E-state index contributed by atoms with van der Waals surface area (Å²) in [6.07, 6.45) is 0.394. The summed E-state index contributed by atoms with van der Waals surface area (Å²) in [7, 11) is 0. The van der Waals surface area contributed by atoms with Crippen LogP contribution in [0.2, 0.25) is 0 Å². The second-order valence-electron chi connectivity index (χ2n) is 10.8. The highest BCUT2D eigenvalue weighted by Gasteiger charge is 2.29. The molecule has 2 atom stereocenters. The van der Waals surface area contributed by atoms with Crippen molar-refractivity contribution in [3.05, 3.63) is 58.3 Å². The van der Waals surface area contributed by atoms with E-state index in [1.165, 1.54) is 18.2 Å². The molecule has 2 aromatic heterocycles. The maximum Gasteiger partial charge on any atom is 0.272 e. The molecule has 2 amide bonds. The number of alkyl halides is 2. The Morgan fingerprint density at radius 2 is 2.03 bits per heavy atom. The van der Waals surface area contributed by atoms with Crippen LogP contribution in [0.1, 0.15) is 67.1 Å². The Balaban J connectivity index is 1.65. The van der Waals surface area contributed by atoms with E-state index in [-0.39, 0.29) is 27.1 Å². The predicted molar refractivity (Wildman–Crippen MR) is 148 cm³/mol. The minimum Gasteiger partial charge on any atom is -0.334 e. The highest BCUT2D eigenvalue weighted by molar-refractivity contribution is 7.14. The number of hydrogen-bond donors (Lipinski definition) is 2. The number of amides is 2. The van der Waals surface area contributed by atoms with Gasteiger partial charge in [-0.2, -0.15) is 0 Å².